The van der Waals surface area contributed by atoms with Gasteiger partial charge in [0.2, 0.25) is 11.7 Å². The van der Waals surface area contributed by atoms with Gasteiger partial charge in [-0.1, -0.05) is 66.1 Å². The van der Waals surface area contributed by atoms with Crippen LogP contribution in [0.25, 0.3) is 11.4 Å². The Balaban J connectivity index is 1.73. The van der Waals surface area contributed by atoms with Crippen molar-refractivity contribution in [2.45, 2.75) is 32.7 Å². The molecule has 0 spiro atoms. The SMILES string of the molecule is CC[C@@H](C)N(CCc1nc(-c2ccccc2)no1)C(=O)c1ccccc1Cl. The molecule has 5 nitrogen and oxygen atoms in total. The maximum Gasteiger partial charge on any atom is 0.255 e. The summed E-state index contributed by atoms with van der Waals surface area (Å²) in [6, 6.07) is 16.8. The summed E-state index contributed by atoms with van der Waals surface area (Å²) in [5.41, 5.74) is 1.41. The Morgan fingerprint density at radius 2 is 1.85 bits per heavy atom. The van der Waals surface area contributed by atoms with Gasteiger partial charge in [-0.2, -0.15) is 4.98 Å². The number of halogens is 1. The third-order valence-corrected chi connectivity index (χ3v) is 4.88. The lowest BCUT2D eigenvalue weighted by molar-refractivity contribution is 0.0686. The van der Waals surface area contributed by atoms with Crippen LogP contribution in [0.5, 0.6) is 0 Å². The van der Waals surface area contributed by atoms with E-state index in [2.05, 4.69) is 17.1 Å². The molecule has 1 atom stereocenters. The highest BCUT2D eigenvalue weighted by molar-refractivity contribution is 6.33. The summed E-state index contributed by atoms with van der Waals surface area (Å²) in [7, 11) is 0. The summed E-state index contributed by atoms with van der Waals surface area (Å²) >= 11 is 6.21. The fourth-order valence-electron chi connectivity index (χ4n) is 2.81. The number of nitrogens with zero attached hydrogens (tertiary/aromatic N) is 3. The molecule has 1 heterocycles. The molecule has 0 fully saturated rings. The predicted molar refractivity (Wildman–Crippen MR) is 106 cm³/mol. The molecule has 0 bridgehead atoms. The zero-order chi connectivity index (χ0) is 19.2. The third-order valence-electron chi connectivity index (χ3n) is 4.55. The van der Waals surface area contributed by atoms with Gasteiger partial charge in [-0.3, -0.25) is 4.79 Å². The largest absolute Gasteiger partial charge is 0.339 e. The van der Waals surface area contributed by atoms with E-state index in [1.807, 2.05) is 54.3 Å². The molecular formula is C21H22ClN3O2. The van der Waals surface area contributed by atoms with Crippen LogP contribution in [0, 0.1) is 0 Å². The van der Waals surface area contributed by atoms with Crippen LogP contribution in [0.1, 0.15) is 36.5 Å². The highest BCUT2D eigenvalue weighted by atomic mass is 35.5. The predicted octanol–water partition coefficient (Wildman–Crippen LogP) is 4.87. The lowest BCUT2D eigenvalue weighted by Crippen LogP contribution is -2.40. The molecule has 2 aromatic carbocycles. The fourth-order valence-corrected chi connectivity index (χ4v) is 3.03. The molecular weight excluding hydrogens is 362 g/mol. The van der Waals surface area contributed by atoms with Gasteiger partial charge in [-0.05, 0) is 25.5 Å². The topological polar surface area (TPSA) is 59.2 Å². The van der Waals surface area contributed by atoms with E-state index in [1.54, 1.807) is 12.1 Å². The van der Waals surface area contributed by atoms with E-state index in [0.717, 1.165) is 12.0 Å². The zero-order valence-electron chi connectivity index (χ0n) is 15.4. The average molecular weight is 384 g/mol. The minimum atomic E-state index is -0.0854. The zero-order valence-corrected chi connectivity index (χ0v) is 16.2. The van der Waals surface area contributed by atoms with Crippen molar-refractivity contribution in [2.75, 3.05) is 6.54 Å². The fraction of sp³-hybridized carbons (Fsp3) is 0.286. The Kier molecular flexibility index (Phi) is 6.24. The molecule has 0 N–H and O–H groups in total. The van der Waals surface area contributed by atoms with Crippen molar-refractivity contribution in [1.82, 2.24) is 15.0 Å². The summed E-state index contributed by atoms with van der Waals surface area (Å²) in [4.78, 5) is 19.2. The van der Waals surface area contributed by atoms with Gasteiger partial charge in [-0.15, -0.1) is 0 Å². The summed E-state index contributed by atoms with van der Waals surface area (Å²) in [5, 5.41) is 4.49. The van der Waals surface area contributed by atoms with E-state index < -0.39 is 0 Å². The molecule has 0 unspecified atom stereocenters. The van der Waals surface area contributed by atoms with Crippen LogP contribution < -0.4 is 0 Å². The number of carbonyl (C=O) groups excluding carboxylic acids is 1. The second kappa shape index (κ2) is 8.82. The van der Waals surface area contributed by atoms with Crippen LogP contribution in [0.3, 0.4) is 0 Å². The van der Waals surface area contributed by atoms with E-state index in [0.29, 0.717) is 35.3 Å². The van der Waals surface area contributed by atoms with Crippen LogP contribution in [0.2, 0.25) is 5.02 Å². The molecule has 3 rings (SSSR count). The van der Waals surface area contributed by atoms with Crippen LogP contribution in [-0.2, 0) is 6.42 Å². The molecule has 0 radical (unpaired) electrons. The average Bonchev–Trinajstić information content (AvgIpc) is 3.17. The Bertz CT molecular complexity index is 895. The molecule has 1 amide bonds. The van der Waals surface area contributed by atoms with Gasteiger partial charge >= 0.3 is 0 Å². The van der Waals surface area contributed by atoms with Crippen molar-refractivity contribution in [3.63, 3.8) is 0 Å². The first-order valence-electron chi connectivity index (χ1n) is 9.03. The van der Waals surface area contributed by atoms with Gasteiger partial charge in [0.25, 0.3) is 5.91 Å². The smallest absolute Gasteiger partial charge is 0.255 e. The molecule has 140 valence electrons. The molecule has 0 aliphatic carbocycles. The van der Waals surface area contributed by atoms with Gasteiger partial charge in [-0.25, -0.2) is 0 Å². The van der Waals surface area contributed by atoms with E-state index in [4.69, 9.17) is 16.1 Å². The molecule has 0 saturated carbocycles. The minimum absolute atomic E-state index is 0.0743. The van der Waals surface area contributed by atoms with Crippen LogP contribution in [0.4, 0.5) is 0 Å². The van der Waals surface area contributed by atoms with Crippen molar-refractivity contribution in [2.24, 2.45) is 0 Å². The second-order valence-electron chi connectivity index (χ2n) is 6.36. The molecule has 0 aliphatic rings. The number of rotatable bonds is 7. The Hall–Kier alpha value is -2.66. The van der Waals surface area contributed by atoms with Gasteiger partial charge in [0.05, 0.1) is 10.6 Å². The molecule has 0 saturated heterocycles. The van der Waals surface area contributed by atoms with Gasteiger partial charge in [0.1, 0.15) is 0 Å². The quantitative estimate of drug-likeness (QED) is 0.583. The van der Waals surface area contributed by atoms with E-state index >= 15 is 0 Å². The molecule has 1 aromatic heterocycles. The summed E-state index contributed by atoms with van der Waals surface area (Å²) < 4.78 is 5.37. The Morgan fingerprint density at radius 3 is 2.56 bits per heavy atom. The first-order valence-corrected chi connectivity index (χ1v) is 9.41. The molecule has 0 aliphatic heterocycles. The lowest BCUT2D eigenvalue weighted by atomic mass is 10.1. The highest BCUT2D eigenvalue weighted by Crippen LogP contribution is 2.20. The Morgan fingerprint density at radius 1 is 1.15 bits per heavy atom. The highest BCUT2D eigenvalue weighted by Gasteiger charge is 2.23. The number of benzene rings is 2. The number of hydrogen-bond acceptors (Lipinski definition) is 4. The van der Waals surface area contributed by atoms with Gasteiger partial charge in [0.15, 0.2) is 0 Å². The second-order valence-corrected chi connectivity index (χ2v) is 6.77. The maximum absolute atomic E-state index is 13.0. The molecule has 27 heavy (non-hydrogen) atoms. The van der Waals surface area contributed by atoms with Crippen molar-refractivity contribution in [3.8, 4) is 11.4 Å². The van der Waals surface area contributed by atoms with Gasteiger partial charge in [0, 0.05) is 24.6 Å². The van der Waals surface area contributed by atoms with E-state index in [1.165, 1.54) is 0 Å². The van der Waals surface area contributed by atoms with Crippen LogP contribution in [0.15, 0.2) is 59.1 Å². The summed E-state index contributed by atoms with van der Waals surface area (Å²) in [6.45, 7) is 4.56. The van der Waals surface area contributed by atoms with Crippen LogP contribution in [-0.4, -0.2) is 33.5 Å². The van der Waals surface area contributed by atoms with Crippen molar-refractivity contribution < 1.29 is 9.32 Å². The first kappa shape index (κ1) is 19.1. The summed E-state index contributed by atoms with van der Waals surface area (Å²) in [5.74, 6) is 0.977. The van der Waals surface area contributed by atoms with Gasteiger partial charge < -0.3 is 9.42 Å². The number of amides is 1. The number of hydrogen-bond donors (Lipinski definition) is 0. The van der Waals surface area contributed by atoms with Crippen molar-refractivity contribution in [3.05, 3.63) is 71.1 Å². The maximum atomic E-state index is 13.0. The van der Waals surface area contributed by atoms with Crippen molar-refractivity contribution in [1.29, 1.82) is 0 Å². The first-order chi connectivity index (χ1) is 13.1. The van der Waals surface area contributed by atoms with E-state index in [-0.39, 0.29) is 11.9 Å². The lowest BCUT2D eigenvalue weighted by Gasteiger charge is -2.28. The molecule has 3 aromatic rings. The monoisotopic (exact) mass is 383 g/mol. The summed E-state index contributed by atoms with van der Waals surface area (Å²) in [6.07, 6.45) is 1.33. The Labute approximate surface area is 164 Å². The normalized spacial score (nSPS) is 12.0. The number of aromatic nitrogens is 2. The third kappa shape index (κ3) is 4.55. The minimum Gasteiger partial charge on any atom is -0.339 e. The van der Waals surface area contributed by atoms with E-state index in [9.17, 15) is 4.79 Å². The van der Waals surface area contributed by atoms with Crippen LogP contribution >= 0.6 is 11.6 Å². The van der Waals surface area contributed by atoms with Crippen molar-refractivity contribution >= 4 is 17.5 Å². The molecule has 6 heteroatoms. The standard InChI is InChI=1S/C21H22ClN3O2/c1-3-15(2)25(21(26)17-11-7-8-12-18(17)22)14-13-19-23-20(24-27-19)16-9-5-4-6-10-16/h4-12,15H,3,13-14H2,1-2H3/t15-/m1/s1. The number of carbonyl (C=O) groups is 1.